The number of hydrogen-bond donors (Lipinski definition) is 1. The fraction of sp³-hybridized carbons (Fsp3) is 0.588. The molecule has 1 aromatic rings. The average Bonchev–Trinajstić information content (AvgIpc) is 2.55. The van der Waals surface area contributed by atoms with Crippen LogP contribution in [0.4, 0.5) is 5.69 Å². The second-order valence-corrected chi connectivity index (χ2v) is 6.85. The quantitative estimate of drug-likeness (QED) is 0.835. The summed E-state index contributed by atoms with van der Waals surface area (Å²) in [6, 6.07) is 7.87. The number of carbonyl (C=O) groups excluding carboxylic acids is 1. The maximum Gasteiger partial charge on any atom is 0.242 e. The summed E-state index contributed by atoms with van der Waals surface area (Å²) in [6.45, 7) is 3.07. The van der Waals surface area contributed by atoms with Gasteiger partial charge in [0.2, 0.25) is 5.91 Å². The molecular formula is C17H26Cl3N3O. The van der Waals surface area contributed by atoms with E-state index < -0.39 is 5.54 Å². The number of nitrogens with two attached hydrogens (primary N) is 1. The zero-order valence-electron chi connectivity index (χ0n) is 13.7. The van der Waals surface area contributed by atoms with Crippen LogP contribution in [0, 0.1) is 0 Å². The van der Waals surface area contributed by atoms with E-state index in [1.807, 2.05) is 29.2 Å². The Morgan fingerprint density at radius 3 is 2.17 bits per heavy atom. The average molecular weight is 395 g/mol. The zero-order valence-corrected chi connectivity index (χ0v) is 16.1. The van der Waals surface area contributed by atoms with Gasteiger partial charge in [0.25, 0.3) is 0 Å². The molecule has 0 bridgehead atoms. The van der Waals surface area contributed by atoms with Crippen LogP contribution in [-0.2, 0) is 4.79 Å². The van der Waals surface area contributed by atoms with E-state index in [-0.39, 0.29) is 30.7 Å². The van der Waals surface area contributed by atoms with Crippen molar-refractivity contribution in [2.45, 2.75) is 37.6 Å². The second-order valence-electron chi connectivity index (χ2n) is 6.45. The molecule has 1 saturated carbocycles. The zero-order chi connectivity index (χ0) is 15.6. The highest BCUT2D eigenvalue weighted by Gasteiger charge is 2.39. The number of anilines is 1. The summed E-state index contributed by atoms with van der Waals surface area (Å²) in [5.41, 5.74) is 6.81. The van der Waals surface area contributed by atoms with E-state index in [4.69, 9.17) is 17.3 Å². The molecule has 1 aliphatic carbocycles. The molecule has 24 heavy (non-hydrogen) atoms. The highest BCUT2D eigenvalue weighted by Crippen LogP contribution is 2.29. The molecule has 1 aromatic carbocycles. The van der Waals surface area contributed by atoms with Gasteiger partial charge in [0.05, 0.1) is 16.2 Å². The summed E-state index contributed by atoms with van der Waals surface area (Å²) in [4.78, 5) is 16.9. The van der Waals surface area contributed by atoms with Gasteiger partial charge in [-0.05, 0) is 25.0 Å². The molecule has 1 amide bonds. The third-order valence-corrected chi connectivity index (χ3v) is 5.25. The minimum atomic E-state index is -0.620. The van der Waals surface area contributed by atoms with Crippen molar-refractivity contribution in [3.05, 3.63) is 29.3 Å². The first kappa shape index (κ1) is 21.4. The third kappa shape index (κ3) is 4.48. The van der Waals surface area contributed by atoms with Gasteiger partial charge in [0.15, 0.2) is 0 Å². The lowest BCUT2D eigenvalue weighted by molar-refractivity contribution is -0.138. The Morgan fingerprint density at radius 2 is 1.58 bits per heavy atom. The van der Waals surface area contributed by atoms with Crippen LogP contribution in [0.25, 0.3) is 0 Å². The molecule has 0 unspecified atom stereocenters. The number of halogens is 3. The van der Waals surface area contributed by atoms with Gasteiger partial charge in [-0.3, -0.25) is 4.79 Å². The Morgan fingerprint density at radius 1 is 1.00 bits per heavy atom. The van der Waals surface area contributed by atoms with Crippen molar-refractivity contribution in [2.24, 2.45) is 5.73 Å². The van der Waals surface area contributed by atoms with Crippen molar-refractivity contribution in [3.63, 3.8) is 0 Å². The molecule has 136 valence electrons. The molecule has 4 nitrogen and oxygen atoms in total. The standard InChI is InChI=1S/C17H24ClN3O.2ClH/c18-14-6-2-3-7-15(14)20-10-12-21(13-11-20)16(22)17(19)8-4-1-5-9-17;;/h2-3,6-7H,1,4-5,8-13,19H2;2*1H. The predicted molar refractivity (Wildman–Crippen MR) is 105 cm³/mol. The number of nitrogens with zero attached hydrogens (tertiary/aromatic N) is 2. The molecule has 0 spiro atoms. The second kappa shape index (κ2) is 9.14. The topological polar surface area (TPSA) is 49.6 Å². The Balaban J connectivity index is 0.00000144. The Labute approximate surface area is 161 Å². The SMILES string of the molecule is Cl.Cl.NC1(C(=O)N2CCN(c3ccccc3Cl)CC2)CCCCC1. The minimum Gasteiger partial charge on any atom is -0.367 e. The highest BCUT2D eigenvalue weighted by atomic mass is 35.5. The largest absolute Gasteiger partial charge is 0.367 e. The molecule has 7 heteroatoms. The van der Waals surface area contributed by atoms with E-state index >= 15 is 0 Å². The first-order valence-electron chi connectivity index (χ1n) is 8.18. The van der Waals surface area contributed by atoms with Crippen molar-refractivity contribution in [3.8, 4) is 0 Å². The fourth-order valence-corrected chi connectivity index (χ4v) is 3.83. The maximum absolute atomic E-state index is 12.7. The molecule has 0 aromatic heterocycles. The third-order valence-electron chi connectivity index (χ3n) is 4.93. The summed E-state index contributed by atoms with van der Waals surface area (Å²) in [5, 5.41) is 0.768. The number of rotatable bonds is 2. The van der Waals surface area contributed by atoms with Crippen LogP contribution in [0.5, 0.6) is 0 Å². The van der Waals surface area contributed by atoms with Gasteiger partial charge >= 0.3 is 0 Å². The number of hydrogen-bond acceptors (Lipinski definition) is 3. The summed E-state index contributed by atoms with van der Waals surface area (Å²) < 4.78 is 0. The van der Waals surface area contributed by atoms with Crippen molar-refractivity contribution in [2.75, 3.05) is 31.1 Å². The normalized spacial score (nSPS) is 19.9. The predicted octanol–water partition coefficient (Wildman–Crippen LogP) is 3.49. The Bertz CT molecular complexity index is 542. The maximum atomic E-state index is 12.7. The Kier molecular flexibility index (Phi) is 8.13. The molecule has 1 saturated heterocycles. The van der Waals surface area contributed by atoms with Crippen LogP contribution in [0.1, 0.15) is 32.1 Å². The minimum absolute atomic E-state index is 0. The smallest absolute Gasteiger partial charge is 0.242 e. The molecular weight excluding hydrogens is 369 g/mol. The monoisotopic (exact) mass is 393 g/mol. The van der Waals surface area contributed by atoms with E-state index in [1.54, 1.807) is 0 Å². The van der Waals surface area contributed by atoms with Crippen LogP contribution in [-0.4, -0.2) is 42.5 Å². The first-order valence-corrected chi connectivity index (χ1v) is 8.56. The summed E-state index contributed by atoms with van der Waals surface area (Å²) in [6.07, 6.45) is 5.00. The Hall–Kier alpha value is -0.680. The molecule has 2 N–H and O–H groups in total. The van der Waals surface area contributed by atoms with E-state index in [0.29, 0.717) is 0 Å². The van der Waals surface area contributed by atoms with Gasteiger partial charge < -0.3 is 15.5 Å². The van der Waals surface area contributed by atoms with Gasteiger partial charge in [-0.2, -0.15) is 0 Å². The van der Waals surface area contributed by atoms with Crippen LogP contribution in [0.2, 0.25) is 5.02 Å². The van der Waals surface area contributed by atoms with Gasteiger partial charge in [-0.25, -0.2) is 0 Å². The van der Waals surface area contributed by atoms with E-state index in [2.05, 4.69) is 4.90 Å². The van der Waals surface area contributed by atoms with Crippen LogP contribution in [0.15, 0.2) is 24.3 Å². The highest BCUT2D eigenvalue weighted by molar-refractivity contribution is 6.33. The van der Waals surface area contributed by atoms with Gasteiger partial charge in [-0.15, -0.1) is 24.8 Å². The molecule has 3 rings (SSSR count). The molecule has 1 heterocycles. The van der Waals surface area contributed by atoms with E-state index in [1.165, 1.54) is 6.42 Å². The number of piperazine rings is 1. The number of carbonyl (C=O) groups is 1. The van der Waals surface area contributed by atoms with Crippen molar-refractivity contribution in [1.82, 2.24) is 4.90 Å². The number of para-hydroxylation sites is 1. The lowest BCUT2D eigenvalue weighted by atomic mass is 9.81. The van der Waals surface area contributed by atoms with Crippen molar-refractivity contribution < 1.29 is 4.79 Å². The van der Waals surface area contributed by atoms with Crippen LogP contribution >= 0.6 is 36.4 Å². The molecule has 2 aliphatic rings. The number of amides is 1. The summed E-state index contributed by atoms with van der Waals surface area (Å²) in [5.74, 6) is 0.144. The lowest BCUT2D eigenvalue weighted by Gasteiger charge is -2.41. The van der Waals surface area contributed by atoms with E-state index in [0.717, 1.165) is 62.6 Å². The van der Waals surface area contributed by atoms with Crippen molar-refractivity contribution in [1.29, 1.82) is 0 Å². The molecule has 1 aliphatic heterocycles. The van der Waals surface area contributed by atoms with Gasteiger partial charge in [0.1, 0.15) is 0 Å². The van der Waals surface area contributed by atoms with Gasteiger partial charge in [-0.1, -0.05) is 43.0 Å². The fourth-order valence-electron chi connectivity index (χ4n) is 3.57. The lowest BCUT2D eigenvalue weighted by Crippen LogP contribution is -2.60. The molecule has 2 fully saturated rings. The molecule has 0 atom stereocenters. The van der Waals surface area contributed by atoms with Crippen LogP contribution < -0.4 is 10.6 Å². The van der Waals surface area contributed by atoms with Crippen molar-refractivity contribution >= 4 is 48.0 Å². The summed E-state index contributed by atoms with van der Waals surface area (Å²) >= 11 is 6.26. The van der Waals surface area contributed by atoms with Crippen LogP contribution in [0.3, 0.4) is 0 Å². The summed E-state index contributed by atoms with van der Waals surface area (Å²) in [7, 11) is 0. The first-order chi connectivity index (χ1) is 10.6. The number of benzene rings is 1. The molecule has 0 radical (unpaired) electrons. The van der Waals surface area contributed by atoms with Gasteiger partial charge in [0, 0.05) is 26.2 Å². The van der Waals surface area contributed by atoms with E-state index in [9.17, 15) is 4.79 Å².